The van der Waals surface area contributed by atoms with Crippen molar-refractivity contribution in [3.05, 3.63) is 0 Å². The molecule has 0 unspecified atom stereocenters. The predicted molar refractivity (Wildman–Crippen MR) is 37.8 cm³/mol. The first-order valence-electron chi connectivity index (χ1n) is 3.83. The topological polar surface area (TPSA) is 21.3 Å². The van der Waals surface area contributed by atoms with Crippen LogP contribution < -0.4 is 5.32 Å². The summed E-state index contributed by atoms with van der Waals surface area (Å²) < 4.78 is 30.0. The molecule has 66 valence electrons. The molecule has 1 N–H and O–H groups in total. The Morgan fingerprint density at radius 3 is 2.82 bits per heavy atom. The minimum atomic E-state index is -2.53. The monoisotopic (exact) mass is 165 g/mol. The van der Waals surface area contributed by atoms with Crippen LogP contribution in [-0.4, -0.2) is 31.7 Å². The molecule has 1 aliphatic rings. The number of alkyl halides is 2. The third-order valence-electron chi connectivity index (χ3n) is 1.72. The van der Waals surface area contributed by atoms with Gasteiger partial charge in [0.05, 0.1) is 13.2 Å². The van der Waals surface area contributed by atoms with Crippen molar-refractivity contribution >= 4 is 0 Å². The molecule has 1 aliphatic heterocycles. The lowest BCUT2D eigenvalue weighted by Crippen LogP contribution is -2.26. The standard InChI is InChI=1S/C7H13F2NO/c1-2-11-4-6-3-7(8,9)5-10-6/h6,10H,2-5H2,1H3/t6-/m1/s1. The van der Waals surface area contributed by atoms with E-state index < -0.39 is 5.92 Å². The quantitative estimate of drug-likeness (QED) is 0.674. The number of rotatable bonds is 3. The molecule has 4 heteroatoms. The molecule has 0 aromatic rings. The summed E-state index contributed by atoms with van der Waals surface area (Å²) in [5.41, 5.74) is 0. The van der Waals surface area contributed by atoms with Gasteiger partial charge in [-0.25, -0.2) is 8.78 Å². The SMILES string of the molecule is CCOC[C@H]1CC(F)(F)CN1. The van der Waals surface area contributed by atoms with Crippen LogP contribution in [0.5, 0.6) is 0 Å². The molecule has 0 radical (unpaired) electrons. The van der Waals surface area contributed by atoms with Gasteiger partial charge in [0.1, 0.15) is 0 Å². The summed E-state index contributed by atoms with van der Waals surface area (Å²) in [6.45, 7) is 2.63. The van der Waals surface area contributed by atoms with Gasteiger partial charge >= 0.3 is 0 Å². The summed E-state index contributed by atoms with van der Waals surface area (Å²) in [5.74, 6) is -2.53. The fourth-order valence-electron chi connectivity index (χ4n) is 1.18. The van der Waals surface area contributed by atoms with E-state index in [9.17, 15) is 8.78 Å². The summed E-state index contributed by atoms with van der Waals surface area (Å²) in [4.78, 5) is 0. The van der Waals surface area contributed by atoms with Gasteiger partial charge in [0.15, 0.2) is 0 Å². The van der Waals surface area contributed by atoms with E-state index in [1.807, 2.05) is 6.92 Å². The van der Waals surface area contributed by atoms with E-state index in [2.05, 4.69) is 5.32 Å². The Morgan fingerprint density at radius 2 is 2.36 bits per heavy atom. The van der Waals surface area contributed by atoms with Crippen LogP contribution in [0.3, 0.4) is 0 Å². The summed E-state index contributed by atoms with van der Waals surface area (Å²) in [6.07, 6.45) is -0.0903. The van der Waals surface area contributed by atoms with Crippen molar-refractivity contribution < 1.29 is 13.5 Å². The molecule has 0 bridgehead atoms. The largest absolute Gasteiger partial charge is 0.380 e. The highest BCUT2D eigenvalue weighted by Gasteiger charge is 2.38. The van der Waals surface area contributed by atoms with E-state index in [0.717, 1.165) is 0 Å². The van der Waals surface area contributed by atoms with Crippen molar-refractivity contribution in [2.45, 2.75) is 25.3 Å². The van der Waals surface area contributed by atoms with Gasteiger partial charge in [-0.05, 0) is 6.92 Å². The van der Waals surface area contributed by atoms with E-state index in [1.165, 1.54) is 0 Å². The molecule has 1 saturated heterocycles. The highest BCUT2D eigenvalue weighted by molar-refractivity contribution is 4.86. The Balaban J connectivity index is 2.20. The molecule has 0 aromatic carbocycles. The van der Waals surface area contributed by atoms with Crippen molar-refractivity contribution in [2.75, 3.05) is 19.8 Å². The molecule has 1 heterocycles. The first-order chi connectivity index (χ1) is 5.14. The van der Waals surface area contributed by atoms with E-state index in [-0.39, 0.29) is 19.0 Å². The van der Waals surface area contributed by atoms with Gasteiger partial charge in [-0.3, -0.25) is 0 Å². The van der Waals surface area contributed by atoms with Crippen LogP contribution >= 0.6 is 0 Å². The zero-order valence-electron chi connectivity index (χ0n) is 6.57. The maximum atomic E-state index is 12.5. The average molecular weight is 165 g/mol. The van der Waals surface area contributed by atoms with Crippen molar-refractivity contribution in [3.8, 4) is 0 Å². The fourth-order valence-corrected chi connectivity index (χ4v) is 1.18. The molecular weight excluding hydrogens is 152 g/mol. The van der Waals surface area contributed by atoms with Gasteiger partial charge in [0, 0.05) is 19.1 Å². The molecule has 0 amide bonds. The van der Waals surface area contributed by atoms with Crippen LogP contribution in [0.15, 0.2) is 0 Å². The van der Waals surface area contributed by atoms with E-state index >= 15 is 0 Å². The molecule has 0 aromatic heterocycles. The molecule has 0 aliphatic carbocycles. The van der Waals surface area contributed by atoms with E-state index in [4.69, 9.17) is 4.74 Å². The lowest BCUT2D eigenvalue weighted by molar-refractivity contribution is 0.0168. The van der Waals surface area contributed by atoms with E-state index in [0.29, 0.717) is 13.2 Å². The predicted octanol–water partition coefficient (Wildman–Crippen LogP) is 1.02. The lowest BCUT2D eigenvalue weighted by Gasteiger charge is -2.08. The highest BCUT2D eigenvalue weighted by Crippen LogP contribution is 2.24. The highest BCUT2D eigenvalue weighted by atomic mass is 19.3. The number of hydrogen-bond donors (Lipinski definition) is 1. The first kappa shape index (κ1) is 8.87. The van der Waals surface area contributed by atoms with Crippen LogP contribution in [0, 0.1) is 0 Å². The van der Waals surface area contributed by atoms with Crippen LogP contribution in [0.2, 0.25) is 0 Å². The molecular formula is C7H13F2NO. The van der Waals surface area contributed by atoms with Gasteiger partial charge < -0.3 is 10.1 Å². The Bertz CT molecular complexity index is 130. The molecule has 1 atom stereocenters. The lowest BCUT2D eigenvalue weighted by atomic mass is 10.2. The molecule has 0 spiro atoms. The van der Waals surface area contributed by atoms with Gasteiger partial charge in [0.2, 0.25) is 0 Å². The Kier molecular flexibility index (Phi) is 2.78. The second-order valence-electron chi connectivity index (χ2n) is 2.80. The zero-order valence-corrected chi connectivity index (χ0v) is 6.57. The molecule has 11 heavy (non-hydrogen) atoms. The molecule has 2 nitrogen and oxygen atoms in total. The average Bonchev–Trinajstić information content (AvgIpc) is 2.26. The third-order valence-corrected chi connectivity index (χ3v) is 1.72. The maximum Gasteiger partial charge on any atom is 0.261 e. The summed E-state index contributed by atoms with van der Waals surface area (Å²) in [6, 6.07) is -0.162. The smallest absolute Gasteiger partial charge is 0.261 e. The second-order valence-corrected chi connectivity index (χ2v) is 2.80. The summed E-state index contributed by atoms with van der Waals surface area (Å²) >= 11 is 0. The van der Waals surface area contributed by atoms with Crippen LogP contribution in [0.25, 0.3) is 0 Å². The number of hydrogen-bond acceptors (Lipinski definition) is 2. The van der Waals surface area contributed by atoms with Crippen molar-refractivity contribution in [2.24, 2.45) is 0 Å². The van der Waals surface area contributed by atoms with Gasteiger partial charge in [0.25, 0.3) is 5.92 Å². The van der Waals surface area contributed by atoms with Crippen molar-refractivity contribution in [3.63, 3.8) is 0 Å². The Hall–Kier alpha value is -0.220. The normalized spacial score (nSPS) is 29.2. The zero-order chi connectivity index (χ0) is 8.32. The third kappa shape index (κ3) is 2.71. The van der Waals surface area contributed by atoms with Crippen LogP contribution in [-0.2, 0) is 4.74 Å². The Labute approximate surface area is 64.9 Å². The van der Waals surface area contributed by atoms with Crippen LogP contribution in [0.4, 0.5) is 8.78 Å². The summed E-state index contributed by atoms with van der Waals surface area (Å²) in [5, 5.41) is 2.71. The summed E-state index contributed by atoms with van der Waals surface area (Å²) in [7, 11) is 0. The van der Waals surface area contributed by atoms with Crippen LogP contribution in [0.1, 0.15) is 13.3 Å². The maximum absolute atomic E-state index is 12.5. The van der Waals surface area contributed by atoms with Gasteiger partial charge in [-0.2, -0.15) is 0 Å². The second kappa shape index (κ2) is 3.45. The minimum absolute atomic E-state index is 0.0903. The molecule has 1 fully saturated rings. The number of ether oxygens (including phenoxy) is 1. The fraction of sp³-hybridized carbons (Fsp3) is 1.00. The molecule has 1 rings (SSSR count). The van der Waals surface area contributed by atoms with E-state index in [1.54, 1.807) is 0 Å². The minimum Gasteiger partial charge on any atom is -0.380 e. The molecule has 0 saturated carbocycles. The number of halogens is 2. The first-order valence-corrected chi connectivity index (χ1v) is 3.83. The Morgan fingerprint density at radius 1 is 1.64 bits per heavy atom. The van der Waals surface area contributed by atoms with Gasteiger partial charge in [-0.1, -0.05) is 0 Å². The van der Waals surface area contributed by atoms with Crippen molar-refractivity contribution in [1.82, 2.24) is 5.32 Å². The number of nitrogens with one attached hydrogen (secondary N) is 1. The van der Waals surface area contributed by atoms with Crippen molar-refractivity contribution in [1.29, 1.82) is 0 Å². The van der Waals surface area contributed by atoms with Gasteiger partial charge in [-0.15, -0.1) is 0 Å².